The van der Waals surface area contributed by atoms with Crippen molar-refractivity contribution in [1.29, 1.82) is 0 Å². The van der Waals surface area contributed by atoms with Gasteiger partial charge in [0, 0.05) is 61.8 Å². The van der Waals surface area contributed by atoms with Crippen molar-refractivity contribution in [3.63, 3.8) is 0 Å². The van der Waals surface area contributed by atoms with E-state index < -0.39 is 16.9 Å². The van der Waals surface area contributed by atoms with Gasteiger partial charge in [-0.1, -0.05) is 18.2 Å². The molecule has 1 aliphatic heterocycles. The van der Waals surface area contributed by atoms with E-state index in [0.29, 0.717) is 24.4 Å². The van der Waals surface area contributed by atoms with Crippen molar-refractivity contribution in [2.75, 3.05) is 44.7 Å². The molecule has 1 saturated heterocycles. The molecule has 34 heavy (non-hydrogen) atoms. The lowest BCUT2D eigenvalue weighted by Gasteiger charge is -2.33. The second-order valence-corrected chi connectivity index (χ2v) is 7.43. The smallest absolute Gasteiger partial charge is 0.328 e. The van der Waals surface area contributed by atoms with Gasteiger partial charge < -0.3 is 15.1 Å². The van der Waals surface area contributed by atoms with Crippen LogP contribution in [0.3, 0.4) is 0 Å². The molecule has 1 amide bonds. The van der Waals surface area contributed by atoms with Crippen molar-refractivity contribution in [2.45, 2.75) is 0 Å². The molecule has 0 aliphatic carbocycles. The summed E-state index contributed by atoms with van der Waals surface area (Å²) in [6.45, 7) is 3.91. The van der Waals surface area contributed by atoms with Crippen LogP contribution in [0.4, 0.5) is 17.1 Å². The number of anilines is 2. The Morgan fingerprint density at radius 3 is 1.88 bits per heavy atom. The molecule has 1 heterocycles. The predicted molar refractivity (Wildman–Crippen MR) is 125 cm³/mol. The molecule has 1 fully saturated rings. The quantitative estimate of drug-likeness (QED) is 0.353. The fourth-order valence-corrected chi connectivity index (χ4v) is 3.15. The van der Waals surface area contributed by atoms with Crippen LogP contribution in [0, 0.1) is 10.1 Å². The number of carboxylic acid groups (broad SMARTS) is 2. The average molecular weight is 470 g/mol. The van der Waals surface area contributed by atoms with Crippen LogP contribution < -0.4 is 4.90 Å². The van der Waals surface area contributed by atoms with Crippen LogP contribution in [0.15, 0.2) is 66.7 Å². The molecule has 2 N–H and O–H groups in total. The minimum absolute atomic E-state index is 0.00767. The summed E-state index contributed by atoms with van der Waals surface area (Å²) in [7, 11) is 2.08. The largest absolute Gasteiger partial charge is 0.478 e. The van der Waals surface area contributed by atoms with Crippen molar-refractivity contribution >= 4 is 34.9 Å². The lowest BCUT2D eigenvalue weighted by Crippen LogP contribution is -2.48. The molecule has 0 spiro atoms. The van der Waals surface area contributed by atoms with Gasteiger partial charge in [0.15, 0.2) is 0 Å². The first-order valence-electron chi connectivity index (χ1n) is 10.3. The Morgan fingerprint density at radius 1 is 0.912 bits per heavy atom. The zero-order valence-electron chi connectivity index (χ0n) is 18.6. The highest BCUT2D eigenvalue weighted by Gasteiger charge is 2.23. The summed E-state index contributed by atoms with van der Waals surface area (Å²) >= 11 is 0. The van der Waals surface area contributed by atoms with Gasteiger partial charge >= 0.3 is 11.9 Å². The molecule has 0 aromatic heterocycles. The fraction of sp³-hybridized carbons (Fsp3) is 0.261. The van der Waals surface area contributed by atoms with E-state index in [1.165, 1.54) is 12.1 Å². The summed E-state index contributed by atoms with van der Waals surface area (Å²) < 4.78 is 0. The van der Waals surface area contributed by atoms with E-state index in [-0.39, 0.29) is 11.6 Å². The van der Waals surface area contributed by atoms with E-state index in [0.717, 1.165) is 31.9 Å². The zero-order chi connectivity index (χ0) is 25.1. The van der Waals surface area contributed by atoms with Crippen LogP contribution in [0.1, 0.15) is 0 Å². The van der Waals surface area contributed by atoms with Gasteiger partial charge in [-0.15, -0.1) is 0 Å². The average Bonchev–Trinajstić information content (AvgIpc) is 2.81. The Balaban J connectivity index is 0.000000440. The molecule has 0 unspecified atom stereocenters. The number of amides is 1. The molecule has 0 atom stereocenters. The molecular formula is C23H26N4O7. The SMILES string of the molecule is CN1CCN(CC(=O)N(c2ccccc2)c2ccc([N+](=O)[O-])cc2)CC1.O=C(O)/C=C\C(=O)O. The van der Waals surface area contributed by atoms with Gasteiger partial charge in [0.05, 0.1) is 11.5 Å². The van der Waals surface area contributed by atoms with Crippen molar-refractivity contribution in [3.05, 3.63) is 76.9 Å². The van der Waals surface area contributed by atoms with E-state index >= 15 is 0 Å². The van der Waals surface area contributed by atoms with Gasteiger partial charge in [0.25, 0.3) is 5.69 Å². The molecule has 3 rings (SSSR count). The minimum atomic E-state index is -1.26. The number of hydrogen-bond acceptors (Lipinski definition) is 7. The van der Waals surface area contributed by atoms with Crippen LogP contribution in [-0.2, 0) is 14.4 Å². The van der Waals surface area contributed by atoms with E-state index in [9.17, 15) is 24.5 Å². The van der Waals surface area contributed by atoms with Crippen LogP contribution in [0.25, 0.3) is 0 Å². The second-order valence-electron chi connectivity index (χ2n) is 7.43. The van der Waals surface area contributed by atoms with E-state index in [2.05, 4.69) is 16.8 Å². The molecule has 11 heteroatoms. The Hall–Kier alpha value is -4.09. The fourth-order valence-electron chi connectivity index (χ4n) is 3.15. The first-order chi connectivity index (χ1) is 16.2. The van der Waals surface area contributed by atoms with Crippen LogP contribution in [-0.4, -0.2) is 82.6 Å². The highest BCUT2D eigenvalue weighted by Crippen LogP contribution is 2.27. The topological polar surface area (TPSA) is 145 Å². The molecule has 11 nitrogen and oxygen atoms in total. The van der Waals surface area contributed by atoms with Crippen LogP contribution >= 0.6 is 0 Å². The van der Waals surface area contributed by atoms with Crippen molar-refractivity contribution < 1.29 is 29.5 Å². The van der Waals surface area contributed by atoms with Gasteiger partial charge in [-0.2, -0.15) is 0 Å². The third-order valence-corrected chi connectivity index (χ3v) is 4.91. The maximum atomic E-state index is 13.0. The number of likely N-dealkylation sites (N-methyl/N-ethyl adjacent to an activating group) is 1. The summed E-state index contributed by atoms with van der Waals surface area (Å²) in [5, 5.41) is 26.5. The summed E-state index contributed by atoms with van der Waals surface area (Å²) in [6, 6.07) is 15.5. The first kappa shape index (κ1) is 26.2. The number of nitro benzene ring substituents is 1. The van der Waals surface area contributed by atoms with Gasteiger partial charge in [-0.3, -0.25) is 24.7 Å². The number of hydrogen-bond donors (Lipinski definition) is 2. The Labute approximate surface area is 196 Å². The summed E-state index contributed by atoms with van der Waals surface area (Å²) in [4.78, 5) is 48.6. The number of non-ortho nitro benzene ring substituents is 1. The first-order valence-corrected chi connectivity index (χ1v) is 10.3. The van der Waals surface area contributed by atoms with E-state index in [1.807, 2.05) is 30.3 Å². The second kappa shape index (κ2) is 12.8. The summed E-state index contributed by atoms with van der Waals surface area (Å²) in [5.41, 5.74) is 1.38. The maximum Gasteiger partial charge on any atom is 0.328 e. The molecule has 0 bridgehead atoms. The highest BCUT2D eigenvalue weighted by atomic mass is 16.6. The number of carbonyl (C=O) groups excluding carboxylic acids is 1. The Morgan fingerprint density at radius 2 is 1.41 bits per heavy atom. The third kappa shape index (κ3) is 8.45. The van der Waals surface area contributed by atoms with Gasteiger partial charge in [-0.05, 0) is 31.3 Å². The summed E-state index contributed by atoms with van der Waals surface area (Å²) in [5.74, 6) is -2.56. The number of piperazine rings is 1. The number of benzene rings is 2. The molecule has 180 valence electrons. The van der Waals surface area contributed by atoms with Crippen LogP contribution in [0.5, 0.6) is 0 Å². The van der Waals surface area contributed by atoms with Gasteiger partial charge in [0.2, 0.25) is 5.91 Å². The molecular weight excluding hydrogens is 444 g/mol. The van der Waals surface area contributed by atoms with E-state index in [1.54, 1.807) is 17.0 Å². The number of carbonyl (C=O) groups is 3. The number of nitrogens with zero attached hydrogens (tertiary/aromatic N) is 4. The maximum absolute atomic E-state index is 13.0. The summed E-state index contributed by atoms with van der Waals surface area (Å²) in [6.07, 6.45) is 1.12. The van der Waals surface area contributed by atoms with Crippen molar-refractivity contribution in [2.24, 2.45) is 0 Å². The standard InChI is InChI=1S/C19H22N4O3.C4H4O4/c1-20-11-13-21(14-12-20)15-19(24)22(16-5-3-2-4-6-16)17-7-9-18(10-8-17)23(25)26;5-3(6)1-2-4(7)8/h2-10H,11-15H2,1H3;1-2H,(H,5,6)(H,7,8)/b;2-1-. The van der Waals surface area contributed by atoms with E-state index in [4.69, 9.17) is 10.2 Å². The lowest BCUT2D eigenvalue weighted by atomic mass is 10.2. The monoisotopic (exact) mass is 470 g/mol. The predicted octanol–water partition coefficient (Wildman–Crippen LogP) is 2.22. The lowest BCUT2D eigenvalue weighted by molar-refractivity contribution is -0.384. The normalized spacial score (nSPS) is 14.1. The van der Waals surface area contributed by atoms with Gasteiger partial charge in [0.1, 0.15) is 0 Å². The number of aliphatic carboxylic acids is 2. The third-order valence-electron chi connectivity index (χ3n) is 4.91. The van der Waals surface area contributed by atoms with Crippen molar-refractivity contribution in [3.8, 4) is 0 Å². The molecule has 0 saturated carbocycles. The molecule has 1 aliphatic rings. The number of carboxylic acids is 2. The number of para-hydroxylation sites is 1. The van der Waals surface area contributed by atoms with Crippen molar-refractivity contribution in [1.82, 2.24) is 9.80 Å². The molecule has 2 aromatic rings. The number of rotatable bonds is 7. The van der Waals surface area contributed by atoms with Gasteiger partial charge in [-0.25, -0.2) is 9.59 Å². The number of nitro groups is 1. The molecule has 0 radical (unpaired) electrons. The molecule has 2 aromatic carbocycles. The minimum Gasteiger partial charge on any atom is -0.478 e. The Kier molecular flexibility index (Phi) is 9.87. The van der Waals surface area contributed by atoms with Crippen LogP contribution in [0.2, 0.25) is 0 Å². The zero-order valence-corrected chi connectivity index (χ0v) is 18.6. The Bertz CT molecular complexity index is 1000. The highest BCUT2D eigenvalue weighted by molar-refractivity contribution is 6.01.